The van der Waals surface area contributed by atoms with Gasteiger partial charge in [-0.25, -0.2) is 18.8 Å². The van der Waals surface area contributed by atoms with Crippen LogP contribution in [0.1, 0.15) is 43.1 Å². The molecule has 1 aliphatic heterocycles. The number of carbonyl (C=O) groups excluding carboxylic acids is 3. The van der Waals surface area contributed by atoms with Gasteiger partial charge in [0.1, 0.15) is 12.2 Å². The molecule has 1 heterocycles. The van der Waals surface area contributed by atoms with E-state index in [9.17, 15) is 18.8 Å². The minimum absolute atomic E-state index is 0.0357. The summed E-state index contributed by atoms with van der Waals surface area (Å²) in [6.45, 7) is 6.28. The fourth-order valence-electron chi connectivity index (χ4n) is 3.81. The van der Waals surface area contributed by atoms with Gasteiger partial charge in [0.25, 0.3) is 0 Å². The van der Waals surface area contributed by atoms with Crippen LogP contribution >= 0.6 is 0 Å². The minimum atomic E-state index is -0.707. The third-order valence-electron chi connectivity index (χ3n) is 5.64. The van der Waals surface area contributed by atoms with Crippen molar-refractivity contribution in [3.63, 3.8) is 0 Å². The van der Waals surface area contributed by atoms with E-state index in [1.165, 1.54) is 19.2 Å². The first kappa shape index (κ1) is 27.8. The smallest absolute Gasteiger partial charge is 0.410 e. The molecule has 0 unspecified atom stereocenters. The Labute approximate surface area is 216 Å². The summed E-state index contributed by atoms with van der Waals surface area (Å²) in [6.07, 6.45) is -0.675. The second-order valence-electron chi connectivity index (χ2n) is 9.59. The normalized spacial score (nSPS) is 15.6. The van der Waals surface area contributed by atoms with Gasteiger partial charge in [-0.1, -0.05) is 30.3 Å². The molecule has 0 aliphatic carbocycles. The zero-order chi connectivity index (χ0) is 27.0. The Hall–Kier alpha value is -3.82. The Morgan fingerprint density at radius 3 is 2.41 bits per heavy atom. The van der Waals surface area contributed by atoms with Gasteiger partial charge in [-0.3, -0.25) is 0 Å². The second-order valence-corrected chi connectivity index (χ2v) is 9.59. The zero-order valence-electron chi connectivity index (χ0n) is 21.6. The van der Waals surface area contributed by atoms with E-state index >= 15 is 0 Å². The first-order chi connectivity index (χ1) is 17.6. The van der Waals surface area contributed by atoms with Crippen molar-refractivity contribution < 1.29 is 37.7 Å². The molecule has 2 aromatic carbocycles. The van der Waals surface area contributed by atoms with Crippen molar-refractivity contribution >= 4 is 18.2 Å². The molecule has 0 aromatic heterocycles. The van der Waals surface area contributed by atoms with E-state index in [4.69, 9.17) is 14.2 Å². The SMILES string of the molecule is COC(=O)c1ccc(OCC[C@@H]2CN(C(=O)OCc3ccccc3)CCN2C(=O)OC(C)(C)C)c(F)c1. The van der Waals surface area contributed by atoms with E-state index in [0.717, 1.165) is 11.6 Å². The molecule has 9 nitrogen and oxygen atoms in total. The third-order valence-corrected chi connectivity index (χ3v) is 5.64. The monoisotopic (exact) mass is 516 g/mol. The molecule has 2 amide bonds. The van der Waals surface area contributed by atoms with E-state index in [2.05, 4.69) is 4.74 Å². The Balaban J connectivity index is 1.64. The number of methoxy groups -OCH3 is 1. The van der Waals surface area contributed by atoms with Crippen LogP contribution in [0.15, 0.2) is 48.5 Å². The summed E-state index contributed by atoms with van der Waals surface area (Å²) in [5.41, 5.74) is 0.253. The molecule has 0 saturated carbocycles. The molecule has 1 atom stereocenters. The number of carbonyl (C=O) groups is 3. The molecule has 10 heteroatoms. The van der Waals surface area contributed by atoms with Crippen LogP contribution in [-0.4, -0.2) is 72.9 Å². The lowest BCUT2D eigenvalue weighted by Gasteiger charge is -2.41. The van der Waals surface area contributed by atoms with E-state index in [0.29, 0.717) is 6.42 Å². The maximum Gasteiger partial charge on any atom is 0.410 e. The number of piperazine rings is 1. The molecular formula is C27H33FN2O7. The summed E-state index contributed by atoms with van der Waals surface area (Å²) in [7, 11) is 1.21. The Bertz CT molecular complexity index is 1090. The first-order valence-electron chi connectivity index (χ1n) is 12.0. The Morgan fingerprint density at radius 1 is 1.03 bits per heavy atom. The Morgan fingerprint density at radius 2 is 1.76 bits per heavy atom. The molecule has 0 N–H and O–H groups in total. The highest BCUT2D eigenvalue weighted by atomic mass is 19.1. The zero-order valence-corrected chi connectivity index (χ0v) is 21.6. The van der Waals surface area contributed by atoms with Crippen LogP contribution in [-0.2, 0) is 20.8 Å². The van der Waals surface area contributed by atoms with E-state index in [1.54, 1.807) is 30.6 Å². The highest BCUT2D eigenvalue weighted by Gasteiger charge is 2.35. The maximum absolute atomic E-state index is 14.4. The van der Waals surface area contributed by atoms with Gasteiger partial charge in [-0.05, 0) is 44.5 Å². The second kappa shape index (κ2) is 12.4. The van der Waals surface area contributed by atoms with Gasteiger partial charge in [0, 0.05) is 26.1 Å². The van der Waals surface area contributed by atoms with Crippen molar-refractivity contribution in [2.75, 3.05) is 33.4 Å². The van der Waals surface area contributed by atoms with Crippen LogP contribution in [0, 0.1) is 5.82 Å². The van der Waals surface area contributed by atoms with Gasteiger partial charge in [0.15, 0.2) is 11.6 Å². The summed E-state index contributed by atoms with van der Waals surface area (Å²) < 4.78 is 35.6. The number of ether oxygens (including phenoxy) is 4. The molecule has 0 radical (unpaired) electrons. The van der Waals surface area contributed by atoms with E-state index in [-0.39, 0.29) is 44.2 Å². The molecule has 2 aromatic rings. The van der Waals surface area contributed by atoms with Crippen LogP contribution in [0.4, 0.5) is 14.0 Å². The van der Waals surface area contributed by atoms with E-state index in [1.807, 2.05) is 30.3 Å². The van der Waals surface area contributed by atoms with Crippen molar-refractivity contribution in [2.24, 2.45) is 0 Å². The number of amides is 2. The van der Waals surface area contributed by atoms with Gasteiger partial charge in [0.05, 0.1) is 25.3 Å². The summed E-state index contributed by atoms with van der Waals surface area (Å²) in [5.74, 6) is -1.40. The quantitative estimate of drug-likeness (QED) is 0.391. The van der Waals surface area contributed by atoms with Gasteiger partial charge in [-0.15, -0.1) is 0 Å². The molecule has 0 bridgehead atoms. The lowest BCUT2D eigenvalue weighted by atomic mass is 10.1. The van der Waals surface area contributed by atoms with Crippen molar-refractivity contribution in [3.8, 4) is 5.75 Å². The van der Waals surface area contributed by atoms with Crippen LogP contribution in [0.2, 0.25) is 0 Å². The van der Waals surface area contributed by atoms with Crippen LogP contribution in [0.5, 0.6) is 5.75 Å². The lowest BCUT2D eigenvalue weighted by molar-refractivity contribution is -0.00621. The van der Waals surface area contributed by atoms with Crippen LogP contribution < -0.4 is 4.74 Å². The number of halogens is 1. The number of nitrogens with zero attached hydrogens (tertiary/aromatic N) is 2. The summed E-state index contributed by atoms with van der Waals surface area (Å²) in [5, 5.41) is 0. The fourth-order valence-corrected chi connectivity index (χ4v) is 3.81. The molecule has 0 spiro atoms. The third kappa shape index (κ3) is 8.09. The fraction of sp³-hybridized carbons (Fsp3) is 0.444. The van der Waals surface area contributed by atoms with Gasteiger partial charge in [-0.2, -0.15) is 0 Å². The predicted octanol–water partition coefficient (Wildman–Crippen LogP) is 4.64. The van der Waals surface area contributed by atoms with Crippen molar-refractivity contribution in [1.29, 1.82) is 0 Å². The molecular weight excluding hydrogens is 483 g/mol. The maximum atomic E-state index is 14.4. The number of hydrogen-bond donors (Lipinski definition) is 0. The average molecular weight is 517 g/mol. The van der Waals surface area contributed by atoms with Crippen LogP contribution in [0.25, 0.3) is 0 Å². The molecule has 37 heavy (non-hydrogen) atoms. The molecule has 1 aliphatic rings. The molecule has 1 saturated heterocycles. The number of hydrogen-bond acceptors (Lipinski definition) is 7. The standard InChI is InChI=1S/C27H33FN2O7/c1-27(2,3)37-26(33)30-14-13-29(25(32)36-18-19-8-6-5-7-9-19)17-21(30)12-15-35-23-11-10-20(16-22(23)28)24(31)34-4/h5-11,16,21H,12-15,17-18H2,1-4H3/t21-/m1/s1. The lowest BCUT2D eigenvalue weighted by Crippen LogP contribution is -2.57. The highest BCUT2D eigenvalue weighted by Crippen LogP contribution is 2.22. The average Bonchev–Trinajstić information content (AvgIpc) is 2.87. The summed E-state index contributed by atoms with van der Waals surface area (Å²) in [4.78, 5) is 40.3. The number of benzene rings is 2. The van der Waals surface area contributed by atoms with E-state index < -0.39 is 35.6 Å². The summed E-state index contributed by atoms with van der Waals surface area (Å²) >= 11 is 0. The van der Waals surface area contributed by atoms with Gasteiger partial charge >= 0.3 is 18.2 Å². The van der Waals surface area contributed by atoms with Crippen LogP contribution in [0.3, 0.4) is 0 Å². The van der Waals surface area contributed by atoms with Crippen molar-refractivity contribution in [3.05, 3.63) is 65.5 Å². The van der Waals surface area contributed by atoms with Gasteiger partial charge in [0.2, 0.25) is 0 Å². The molecule has 1 fully saturated rings. The molecule has 200 valence electrons. The first-order valence-corrected chi connectivity index (χ1v) is 12.0. The minimum Gasteiger partial charge on any atom is -0.490 e. The van der Waals surface area contributed by atoms with Gasteiger partial charge < -0.3 is 28.7 Å². The number of rotatable bonds is 7. The number of esters is 1. The topological polar surface area (TPSA) is 94.6 Å². The molecule has 3 rings (SSSR count). The van der Waals surface area contributed by atoms with Crippen molar-refractivity contribution in [2.45, 2.75) is 45.4 Å². The van der Waals surface area contributed by atoms with Crippen molar-refractivity contribution in [1.82, 2.24) is 9.80 Å². The summed E-state index contributed by atoms with van der Waals surface area (Å²) in [6, 6.07) is 12.7. The predicted molar refractivity (Wildman–Crippen MR) is 133 cm³/mol. The largest absolute Gasteiger partial charge is 0.490 e. The highest BCUT2D eigenvalue weighted by molar-refractivity contribution is 5.89. The Kier molecular flexibility index (Phi) is 9.32.